The van der Waals surface area contributed by atoms with Gasteiger partial charge in [-0.1, -0.05) is 6.07 Å². The van der Waals surface area contributed by atoms with Gasteiger partial charge in [-0.05, 0) is 24.5 Å². The summed E-state index contributed by atoms with van der Waals surface area (Å²) >= 11 is 0. The monoisotopic (exact) mass is 383 g/mol. The number of aryl methyl sites for hydroxylation is 2. The van der Waals surface area contributed by atoms with Crippen LogP contribution in [0.4, 0.5) is 0 Å². The molecule has 25 heavy (non-hydrogen) atoms. The first-order chi connectivity index (χ1) is 11.7. The first-order valence-corrected chi connectivity index (χ1v) is 9.79. The summed E-state index contributed by atoms with van der Waals surface area (Å²) in [6.45, 7) is 2.51. The van der Waals surface area contributed by atoms with Crippen molar-refractivity contribution in [2.75, 3.05) is 19.6 Å². The Labute approximate surface area is 153 Å². The van der Waals surface area contributed by atoms with Crippen LogP contribution in [0.25, 0.3) is 0 Å². The molecule has 2 aliphatic rings. The van der Waals surface area contributed by atoms with E-state index in [1.54, 1.807) is 22.9 Å². The van der Waals surface area contributed by atoms with Gasteiger partial charge < -0.3 is 9.88 Å². The molecule has 0 aliphatic carbocycles. The molecular weight excluding hydrogens is 362 g/mol. The summed E-state index contributed by atoms with van der Waals surface area (Å²) < 4.78 is 29.9. The summed E-state index contributed by atoms with van der Waals surface area (Å²) in [5, 5.41) is 3.45. The van der Waals surface area contributed by atoms with Crippen LogP contribution in [0.3, 0.4) is 0 Å². The fourth-order valence-corrected chi connectivity index (χ4v) is 5.05. The highest BCUT2D eigenvalue weighted by Crippen LogP contribution is 2.29. The maximum absolute atomic E-state index is 13.2. The van der Waals surface area contributed by atoms with E-state index in [2.05, 4.69) is 15.3 Å². The number of hydrogen-bond donors (Lipinski definition) is 1. The fourth-order valence-electron chi connectivity index (χ4n) is 3.46. The third kappa shape index (κ3) is 3.44. The number of imidazole rings is 1. The number of fused-ring (bicyclic) bond motifs is 1. The molecule has 7 nitrogen and oxygen atoms in total. The first-order valence-electron chi connectivity index (χ1n) is 8.35. The van der Waals surface area contributed by atoms with E-state index in [1.165, 1.54) is 0 Å². The Balaban J connectivity index is 0.00000182. The maximum Gasteiger partial charge on any atom is 0.262 e. The molecule has 1 saturated heterocycles. The number of pyridine rings is 1. The Morgan fingerprint density at radius 3 is 2.88 bits per heavy atom. The quantitative estimate of drug-likeness (QED) is 0.865. The molecule has 1 fully saturated rings. The maximum atomic E-state index is 13.2. The van der Waals surface area contributed by atoms with Crippen LogP contribution in [-0.2, 0) is 23.0 Å². The molecular formula is C16H22ClN5O2S. The molecule has 2 aromatic heterocycles. The smallest absolute Gasteiger partial charge is 0.262 e. The van der Waals surface area contributed by atoms with Gasteiger partial charge in [0.15, 0.2) is 5.03 Å². The van der Waals surface area contributed by atoms with Gasteiger partial charge in [0.25, 0.3) is 10.0 Å². The summed E-state index contributed by atoms with van der Waals surface area (Å²) in [7, 11) is -3.62. The average molecular weight is 384 g/mol. The van der Waals surface area contributed by atoms with Gasteiger partial charge in [-0.25, -0.2) is 13.4 Å². The van der Waals surface area contributed by atoms with Crippen LogP contribution in [0.15, 0.2) is 35.7 Å². The van der Waals surface area contributed by atoms with Gasteiger partial charge in [-0.3, -0.25) is 4.98 Å². The predicted molar refractivity (Wildman–Crippen MR) is 96.2 cm³/mol. The highest BCUT2D eigenvalue weighted by molar-refractivity contribution is 7.89. The summed E-state index contributed by atoms with van der Waals surface area (Å²) in [5.41, 5.74) is 0.900. The second-order valence-electron chi connectivity index (χ2n) is 6.27. The number of halogens is 1. The van der Waals surface area contributed by atoms with E-state index in [-0.39, 0.29) is 23.5 Å². The van der Waals surface area contributed by atoms with Crippen molar-refractivity contribution in [3.05, 3.63) is 42.1 Å². The zero-order chi connectivity index (χ0) is 16.6. The Hall–Kier alpha value is -1.48. The lowest BCUT2D eigenvalue weighted by molar-refractivity contribution is 0.270. The van der Waals surface area contributed by atoms with E-state index < -0.39 is 10.0 Å². The van der Waals surface area contributed by atoms with Crippen LogP contribution in [0.5, 0.6) is 0 Å². The van der Waals surface area contributed by atoms with E-state index in [1.807, 2.05) is 16.7 Å². The molecule has 0 amide bonds. The van der Waals surface area contributed by atoms with Crippen molar-refractivity contribution in [2.45, 2.75) is 36.9 Å². The summed E-state index contributed by atoms with van der Waals surface area (Å²) in [6, 6.07) is 3.51. The Morgan fingerprint density at radius 2 is 2.12 bits per heavy atom. The molecule has 0 spiro atoms. The zero-order valence-electron chi connectivity index (χ0n) is 13.8. The number of piperazine rings is 1. The molecule has 9 heteroatoms. The van der Waals surface area contributed by atoms with E-state index >= 15 is 0 Å². The molecule has 2 aromatic rings. The van der Waals surface area contributed by atoms with E-state index in [0.717, 1.165) is 37.2 Å². The fraction of sp³-hybridized carbons (Fsp3) is 0.500. The molecule has 1 unspecified atom stereocenters. The zero-order valence-corrected chi connectivity index (χ0v) is 15.5. The predicted octanol–water partition coefficient (Wildman–Crippen LogP) is 1.37. The van der Waals surface area contributed by atoms with E-state index in [0.29, 0.717) is 19.6 Å². The lowest BCUT2D eigenvalue weighted by Crippen LogP contribution is -2.48. The minimum atomic E-state index is -3.62. The molecule has 0 aromatic carbocycles. The molecule has 4 rings (SSSR count). The van der Waals surface area contributed by atoms with Crippen molar-refractivity contribution in [3.63, 3.8) is 0 Å². The molecule has 0 radical (unpaired) electrons. The number of aromatic nitrogens is 3. The summed E-state index contributed by atoms with van der Waals surface area (Å²) in [4.78, 5) is 8.56. The van der Waals surface area contributed by atoms with Gasteiger partial charge in [0.1, 0.15) is 5.82 Å². The number of rotatable bonds is 3. The first kappa shape index (κ1) is 18.3. The minimum Gasteiger partial charge on any atom is -0.333 e. The largest absolute Gasteiger partial charge is 0.333 e. The van der Waals surface area contributed by atoms with Gasteiger partial charge >= 0.3 is 0 Å². The standard InChI is InChI=1S/C16H21N5O2S.ClH/c22-24(23,16-12-20-8-2-1-5-15(20)19-16)21-9-7-18-11-14(21)13-4-3-6-17-10-13;/h3-4,6,10,12,14,18H,1-2,5,7-9,11H2;1H. The normalized spacial score (nSPS) is 21.4. The summed E-state index contributed by atoms with van der Waals surface area (Å²) in [6.07, 6.45) is 8.13. The molecule has 0 saturated carbocycles. The van der Waals surface area contributed by atoms with E-state index in [4.69, 9.17) is 0 Å². The third-order valence-corrected chi connectivity index (χ3v) is 6.50. The molecule has 2 aliphatic heterocycles. The van der Waals surface area contributed by atoms with Gasteiger partial charge in [0.05, 0.1) is 6.04 Å². The van der Waals surface area contributed by atoms with E-state index in [9.17, 15) is 8.42 Å². The second kappa shape index (κ2) is 7.41. The lowest BCUT2D eigenvalue weighted by atomic mass is 10.1. The molecule has 4 heterocycles. The second-order valence-corrected chi connectivity index (χ2v) is 8.11. The van der Waals surface area contributed by atoms with Crippen molar-refractivity contribution in [1.29, 1.82) is 0 Å². The Kier molecular flexibility index (Phi) is 5.43. The van der Waals surface area contributed by atoms with Crippen LogP contribution < -0.4 is 5.32 Å². The number of hydrogen-bond acceptors (Lipinski definition) is 5. The SMILES string of the molecule is Cl.O=S(=O)(c1cn2c(n1)CCCC2)N1CCNCC1c1cccnc1. The van der Waals surface area contributed by atoms with Crippen molar-refractivity contribution in [1.82, 2.24) is 24.2 Å². The van der Waals surface area contributed by atoms with Crippen LogP contribution in [0, 0.1) is 0 Å². The van der Waals surface area contributed by atoms with Crippen LogP contribution in [-0.4, -0.2) is 46.9 Å². The Morgan fingerprint density at radius 1 is 1.24 bits per heavy atom. The van der Waals surface area contributed by atoms with Gasteiger partial charge in [-0.15, -0.1) is 12.4 Å². The van der Waals surface area contributed by atoms with Gasteiger partial charge in [0.2, 0.25) is 0 Å². The topological polar surface area (TPSA) is 80.1 Å². The third-order valence-electron chi connectivity index (χ3n) is 4.72. The number of nitrogens with zero attached hydrogens (tertiary/aromatic N) is 4. The van der Waals surface area contributed by atoms with Gasteiger partial charge in [0, 0.05) is 51.2 Å². The minimum absolute atomic E-state index is 0. The van der Waals surface area contributed by atoms with Crippen molar-refractivity contribution >= 4 is 22.4 Å². The van der Waals surface area contributed by atoms with Crippen LogP contribution in [0.1, 0.15) is 30.3 Å². The molecule has 0 bridgehead atoms. The van der Waals surface area contributed by atoms with Gasteiger partial charge in [-0.2, -0.15) is 4.31 Å². The highest BCUT2D eigenvalue weighted by Gasteiger charge is 2.36. The van der Waals surface area contributed by atoms with Crippen molar-refractivity contribution in [2.24, 2.45) is 0 Å². The highest BCUT2D eigenvalue weighted by atomic mass is 35.5. The number of nitrogens with one attached hydrogen (secondary N) is 1. The van der Waals surface area contributed by atoms with Crippen LogP contribution >= 0.6 is 12.4 Å². The van der Waals surface area contributed by atoms with Crippen LogP contribution in [0.2, 0.25) is 0 Å². The average Bonchev–Trinajstić information content (AvgIpc) is 3.07. The Bertz CT molecular complexity index is 801. The van der Waals surface area contributed by atoms with Crippen molar-refractivity contribution < 1.29 is 8.42 Å². The lowest BCUT2D eigenvalue weighted by Gasteiger charge is -2.34. The molecule has 1 N–H and O–H groups in total. The molecule has 136 valence electrons. The summed E-state index contributed by atoms with van der Waals surface area (Å²) in [5.74, 6) is 0.882. The van der Waals surface area contributed by atoms with Crippen molar-refractivity contribution in [3.8, 4) is 0 Å². The number of sulfonamides is 1. The molecule has 1 atom stereocenters.